The normalized spacial score (nSPS) is 10.4. The van der Waals surface area contributed by atoms with Gasteiger partial charge in [0, 0.05) is 0 Å². The lowest BCUT2D eigenvalue weighted by Gasteiger charge is -2.11. The Kier molecular flexibility index (Phi) is 7.83. The molecule has 0 heterocycles. The van der Waals surface area contributed by atoms with E-state index in [0.717, 1.165) is 0 Å². The van der Waals surface area contributed by atoms with Gasteiger partial charge in [0.1, 0.15) is 5.75 Å². The standard InChI is InChI=1S/C20H23N3O5/c1-4-27-17-11-10-14(12-18(17)28-5-2)13-21-23-20(25)19(24)22-15-8-6-7-9-16(15)26-3/h6-13H,4-5H2,1-3H3,(H,22,24)(H,23,25)/b21-13-. The summed E-state index contributed by atoms with van der Waals surface area (Å²) in [7, 11) is 1.47. The van der Waals surface area contributed by atoms with Gasteiger partial charge in [-0.25, -0.2) is 5.43 Å². The third-order valence-electron chi connectivity index (χ3n) is 3.51. The number of amides is 2. The Morgan fingerprint density at radius 1 is 0.964 bits per heavy atom. The zero-order valence-electron chi connectivity index (χ0n) is 16.0. The maximum atomic E-state index is 12.0. The number of nitrogens with zero attached hydrogens (tertiary/aromatic N) is 1. The van der Waals surface area contributed by atoms with Crippen LogP contribution in [0, 0.1) is 0 Å². The van der Waals surface area contributed by atoms with Crippen LogP contribution >= 0.6 is 0 Å². The molecule has 0 aliphatic rings. The van der Waals surface area contributed by atoms with Crippen molar-refractivity contribution in [3.63, 3.8) is 0 Å². The predicted octanol–water partition coefficient (Wildman–Crippen LogP) is 2.58. The number of hydrogen-bond donors (Lipinski definition) is 2. The zero-order valence-corrected chi connectivity index (χ0v) is 16.0. The van der Waals surface area contributed by atoms with Gasteiger partial charge in [0.2, 0.25) is 0 Å². The molecule has 2 N–H and O–H groups in total. The molecule has 0 saturated heterocycles. The van der Waals surface area contributed by atoms with Crippen LogP contribution in [0.4, 0.5) is 5.69 Å². The summed E-state index contributed by atoms with van der Waals surface area (Å²) >= 11 is 0. The van der Waals surface area contributed by atoms with E-state index in [-0.39, 0.29) is 0 Å². The van der Waals surface area contributed by atoms with Crippen LogP contribution in [0.1, 0.15) is 19.4 Å². The Balaban J connectivity index is 1.98. The zero-order chi connectivity index (χ0) is 20.4. The van der Waals surface area contributed by atoms with E-state index in [9.17, 15) is 9.59 Å². The van der Waals surface area contributed by atoms with Crippen molar-refractivity contribution in [2.24, 2.45) is 5.10 Å². The summed E-state index contributed by atoms with van der Waals surface area (Å²) in [6, 6.07) is 12.0. The predicted molar refractivity (Wildman–Crippen MR) is 106 cm³/mol. The van der Waals surface area contributed by atoms with E-state index in [1.165, 1.54) is 13.3 Å². The van der Waals surface area contributed by atoms with Crippen LogP contribution in [0.25, 0.3) is 0 Å². The van der Waals surface area contributed by atoms with E-state index in [1.54, 1.807) is 42.5 Å². The van der Waals surface area contributed by atoms with Crippen LogP contribution in [0.15, 0.2) is 47.6 Å². The molecule has 0 spiro atoms. The van der Waals surface area contributed by atoms with Gasteiger partial charge in [-0.15, -0.1) is 0 Å². The highest BCUT2D eigenvalue weighted by atomic mass is 16.5. The molecular weight excluding hydrogens is 362 g/mol. The molecule has 8 heteroatoms. The summed E-state index contributed by atoms with van der Waals surface area (Å²) in [6.45, 7) is 4.76. The molecule has 2 rings (SSSR count). The Hall–Kier alpha value is -3.55. The maximum absolute atomic E-state index is 12.0. The van der Waals surface area contributed by atoms with Gasteiger partial charge in [-0.2, -0.15) is 5.10 Å². The number of carbonyl (C=O) groups is 2. The molecule has 2 aromatic rings. The average Bonchev–Trinajstić information content (AvgIpc) is 2.70. The summed E-state index contributed by atoms with van der Waals surface area (Å²) in [4.78, 5) is 23.9. The fourth-order valence-corrected chi connectivity index (χ4v) is 2.29. The average molecular weight is 385 g/mol. The Morgan fingerprint density at radius 2 is 1.68 bits per heavy atom. The quantitative estimate of drug-likeness (QED) is 0.413. The minimum absolute atomic E-state index is 0.391. The van der Waals surface area contributed by atoms with Gasteiger partial charge < -0.3 is 19.5 Å². The molecule has 28 heavy (non-hydrogen) atoms. The number of anilines is 1. The molecule has 0 bridgehead atoms. The summed E-state index contributed by atoms with van der Waals surface area (Å²) < 4.78 is 16.2. The Bertz CT molecular complexity index is 851. The molecular formula is C20H23N3O5. The summed E-state index contributed by atoms with van der Waals surface area (Å²) in [5, 5.41) is 6.28. The smallest absolute Gasteiger partial charge is 0.329 e. The van der Waals surface area contributed by atoms with Crippen molar-refractivity contribution in [2.75, 3.05) is 25.6 Å². The second-order valence-corrected chi connectivity index (χ2v) is 5.43. The van der Waals surface area contributed by atoms with E-state index >= 15 is 0 Å². The van der Waals surface area contributed by atoms with Crippen molar-refractivity contribution >= 4 is 23.7 Å². The van der Waals surface area contributed by atoms with Gasteiger partial charge in [0.15, 0.2) is 11.5 Å². The summed E-state index contributed by atoms with van der Waals surface area (Å²) in [6.07, 6.45) is 1.41. The van der Waals surface area contributed by atoms with Crippen molar-refractivity contribution in [3.8, 4) is 17.2 Å². The number of hydrazone groups is 1. The lowest BCUT2D eigenvalue weighted by atomic mass is 10.2. The van der Waals surface area contributed by atoms with E-state index in [4.69, 9.17) is 14.2 Å². The molecule has 0 saturated carbocycles. The van der Waals surface area contributed by atoms with Crippen LogP contribution in [0.5, 0.6) is 17.2 Å². The van der Waals surface area contributed by atoms with Crippen LogP contribution in [-0.4, -0.2) is 38.4 Å². The second-order valence-electron chi connectivity index (χ2n) is 5.43. The monoisotopic (exact) mass is 385 g/mol. The first-order valence-corrected chi connectivity index (χ1v) is 8.76. The highest BCUT2D eigenvalue weighted by molar-refractivity contribution is 6.39. The molecule has 0 fully saturated rings. The van der Waals surface area contributed by atoms with Crippen molar-refractivity contribution in [1.29, 1.82) is 0 Å². The number of nitrogens with one attached hydrogen (secondary N) is 2. The molecule has 0 unspecified atom stereocenters. The largest absolute Gasteiger partial charge is 0.495 e. The Morgan fingerprint density at radius 3 is 2.39 bits per heavy atom. The number of carbonyl (C=O) groups excluding carboxylic acids is 2. The van der Waals surface area contributed by atoms with Gasteiger partial charge in [-0.05, 0) is 49.7 Å². The van der Waals surface area contributed by atoms with Crippen LogP contribution < -0.4 is 25.0 Å². The molecule has 2 aromatic carbocycles. The minimum Gasteiger partial charge on any atom is -0.495 e. The lowest BCUT2D eigenvalue weighted by Crippen LogP contribution is -2.32. The van der Waals surface area contributed by atoms with Crippen LogP contribution in [0.2, 0.25) is 0 Å². The number of methoxy groups -OCH3 is 1. The first-order valence-electron chi connectivity index (χ1n) is 8.76. The number of para-hydroxylation sites is 2. The number of hydrogen-bond acceptors (Lipinski definition) is 6. The third kappa shape index (κ3) is 5.73. The summed E-state index contributed by atoms with van der Waals surface area (Å²) in [5.74, 6) is -0.110. The fraction of sp³-hybridized carbons (Fsp3) is 0.250. The molecule has 0 aromatic heterocycles. The van der Waals surface area contributed by atoms with Gasteiger partial charge in [-0.1, -0.05) is 12.1 Å². The third-order valence-corrected chi connectivity index (χ3v) is 3.51. The van der Waals surface area contributed by atoms with Gasteiger partial charge >= 0.3 is 11.8 Å². The first kappa shape index (κ1) is 20.8. The van der Waals surface area contributed by atoms with Crippen molar-refractivity contribution in [2.45, 2.75) is 13.8 Å². The number of rotatable bonds is 8. The highest BCUT2D eigenvalue weighted by Gasteiger charge is 2.15. The minimum atomic E-state index is -0.905. The molecule has 2 amide bonds. The molecule has 0 aliphatic heterocycles. The van der Waals surface area contributed by atoms with E-state index in [1.807, 2.05) is 13.8 Å². The molecule has 0 aliphatic carbocycles. The van der Waals surface area contributed by atoms with E-state index in [0.29, 0.717) is 41.7 Å². The van der Waals surface area contributed by atoms with Crippen molar-refractivity contribution in [1.82, 2.24) is 5.43 Å². The Labute approximate surface area is 163 Å². The molecule has 8 nitrogen and oxygen atoms in total. The van der Waals surface area contributed by atoms with Crippen molar-refractivity contribution in [3.05, 3.63) is 48.0 Å². The molecule has 0 atom stereocenters. The topological polar surface area (TPSA) is 98.2 Å². The van der Waals surface area contributed by atoms with E-state index in [2.05, 4.69) is 15.8 Å². The number of benzene rings is 2. The van der Waals surface area contributed by atoms with Gasteiger partial charge in [0.05, 0.1) is 32.2 Å². The second kappa shape index (κ2) is 10.6. The van der Waals surface area contributed by atoms with Gasteiger partial charge in [0.25, 0.3) is 0 Å². The first-order chi connectivity index (χ1) is 13.6. The maximum Gasteiger partial charge on any atom is 0.329 e. The van der Waals surface area contributed by atoms with Crippen molar-refractivity contribution < 1.29 is 23.8 Å². The van der Waals surface area contributed by atoms with Crippen LogP contribution in [0.3, 0.4) is 0 Å². The fourth-order valence-electron chi connectivity index (χ4n) is 2.29. The van der Waals surface area contributed by atoms with Gasteiger partial charge in [-0.3, -0.25) is 9.59 Å². The van der Waals surface area contributed by atoms with E-state index < -0.39 is 11.8 Å². The highest BCUT2D eigenvalue weighted by Crippen LogP contribution is 2.28. The van der Waals surface area contributed by atoms with Crippen LogP contribution in [-0.2, 0) is 9.59 Å². The number of ether oxygens (including phenoxy) is 3. The molecule has 0 radical (unpaired) electrons. The summed E-state index contributed by atoms with van der Waals surface area (Å²) in [5.41, 5.74) is 3.25. The lowest BCUT2D eigenvalue weighted by molar-refractivity contribution is -0.136. The molecule has 148 valence electrons. The SMILES string of the molecule is CCOc1ccc(/C=N\NC(=O)C(=O)Nc2ccccc2OC)cc1OCC.